The molecule has 2 atom stereocenters. The van der Waals surface area contributed by atoms with Crippen LogP contribution in [0.5, 0.6) is 0 Å². The van der Waals surface area contributed by atoms with Crippen LogP contribution in [0.1, 0.15) is 34.1 Å². The molecule has 0 aromatic carbocycles. The molecule has 0 saturated heterocycles. The third kappa shape index (κ3) is 1.27. The van der Waals surface area contributed by atoms with Crippen molar-refractivity contribution < 1.29 is 9.90 Å². The van der Waals surface area contributed by atoms with Crippen molar-refractivity contribution in [1.82, 2.24) is 0 Å². The molecule has 3 nitrogen and oxygen atoms in total. The Kier molecular flexibility index (Phi) is 2.79. The minimum absolute atomic E-state index is 0.355. The molecule has 78 valence electrons. The zero-order valence-electron chi connectivity index (χ0n) is 9.16. The van der Waals surface area contributed by atoms with Gasteiger partial charge in [-0.25, -0.2) is 0 Å². The van der Waals surface area contributed by atoms with Crippen LogP contribution in [0.2, 0.25) is 0 Å². The number of carboxylic acids is 1. The molecule has 2 unspecified atom stereocenters. The van der Waals surface area contributed by atoms with Gasteiger partial charge in [-0.05, 0) is 25.8 Å². The van der Waals surface area contributed by atoms with Crippen molar-refractivity contribution in [3.63, 3.8) is 0 Å². The number of allylic oxidation sites excluding steroid dienone is 1. The molecular formula is C11H17NO2. The molecule has 3 heteroatoms. The summed E-state index contributed by atoms with van der Waals surface area (Å²) in [6, 6.07) is 0. The fourth-order valence-corrected chi connectivity index (χ4v) is 2.42. The van der Waals surface area contributed by atoms with Crippen LogP contribution in [0.25, 0.3) is 0 Å². The first-order valence-corrected chi connectivity index (χ1v) is 4.91. The maximum Gasteiger partial charge on any atom is 0.307 e. The summed E-state index contributed by atoms with van der Waals surface area (Å²) in [5.74, 6) is -1.16. The molecule has 14 heavy (non-hydrogen) atoms. The molecule has 0 fully saturated rings. The molecule has 1 aliphatic heterocycles. The predicted octanol–water partition coefficient (Wildman–Crippen LogP) is 2.48. The van der Waals surface area contributed by atoms with Crippen molar-refractivity contribution in [3.05, 3.63) is 11.8 Å². The average Bonchev–Trinajstić information content (AvgIpc) is 2.42. The Hall–Kier alpha value is -1.12. The molecule has 0 aromatic heterocycles. The number of rotatable bonds is 3. The molecule has 0 spiro atoms. The Labute approximate surface area is 84.5 Å². The Bertz CT molecular complexity index is 297. The van der Waals surface area contributed by atoms with Crippen LogP contribution in [-0.4, -0.2) is 16.8 Å². The third-order valence-electron chi connectivity index (χ3n) is 3.47. The van der Waals surface area contributed by atoms with Gasteiger partial charge in [0.15, 0.2) is 0 Å². The molecule has 0 radical (unpaired) electrons. The average molecular weight is 195 g/mol. The lowest BCUT2D eigenvalue weighted by Gasteiger charge is -2.34. The second-order valence-electron chi connectivity index (χ2n) is 3.91. The molecule has 1 rings (SSSR count). The zero-order chi connectivity index (χ0) is 10.9. The molecule has 1 heterocycles. The van der Waals surface area contributed by atoms with Crippen LogP contribution >= 0.6 is 0 Å². The highest BCUT2D eigenvalue weighted by Gasteiger charge is 2.44. The maximum atomic E-state index is 11.1. The van der Waals surface area contributed by atoms with Gasteiger partial charge in [-0.1, -0.05) is 13.8 Å². The molecule has 0 saturated carbocycles. The fraction of sp³-hybridized carbons (Fsp3) is 0.636. The van der Waals surface area contributed by atoms with Gasteiger partial charge in [-0.15, -0.1) is 0 Å². The molecule has 0 amide bonds. The first-order valence-electron chi connectivity index (χ1n) is 4.91. The second kappa shape index (κ2) is 3.56. The number of nitrogens with zero attached hydrogens (tertiary/aromatic N) is 1. The Morgan fingerprint density at radius 2 is 2.21 bits per heavy atom. The number of hydrogen-bond donors (Lipinski definition) is 1. The van der Waals surface area contributed by atoms with Gasteiger partial charge < -0.3 is 5.11 Å². The summed E-state index contributed by atoms with van der Waals surface area (Å²) in [6.07, 6.45) is 2.58. The minimum Gasteiger partial charge on any atom is -0.481 e. The largest absolute Gasteiger partial charge is 0.481 e. The van der Waals surface area contributed by atoms with E-state index < -0.39 is 11.9 Å². The highest BCUT2D eigenvalue weighted by molar-refractivity contribution is 5.97. The van der Waals surface area contributed by atoms with Gasteiger partial charge in [0.2, 0.25) is 0 Å². The number of aliphatic imine (C=N–C) groups is 1. The first kappa shape index (κ1) is 11.0. The van der Waals surface area contributed by atoms with Gasteiger partial charge in [0, 0.05) is 17.3 Å². The van der Waals surface area contributed by atoms with E-state index >= 15 is 0 Å². The Morgan fingerprint density at radius 3 is 2.50 bits per heavy atom. The molecular weight excluding hydrogens is 178 g/mol. The van der Waals surface area contributed by atoms with E-state index in [1.165, 1.54) is 0 Å². The van der Waals surface area contributed by atoms with Gasteiger partial charge in [0.05, 0.1) is 5.92 Å². The first-order chi connectivity index (χ1) is 6.46. The van der Waals surface area contributed by atoms with E-state index in [0.29, 0.717) is 0 Å². The van der Waals surface area contributed by atoms with Gasteiger partial charge in [-0.2, -0.15) is 0 Å². The quantitative estimate of drug-likeness (QED) is 0.752. The highest BCUT2D eigenvalue weighted by atomic mass is 16.4. The van der Waals surface area contributed by atoms with Gasteiger partial charge in [-0.3, -0.25) is 9.79 Å². The smallest absolute Gasteiger partial charge is 0.307 e. The lowest BCUT2D eigenvalue weighted by molar-refractivity contribution is -0.143. The van der Waals surface area contributed by atoms with E-state index in [0.717, 1.165) is 17.7 Å². The van der Waals surface area contributed by atoms with Crippen LogP contribution in [0.15, 0.2) is 16.8 Å². The normalized spacial score (nSPS) is 28.3. The summed E-state index contributed by atoms with van der Waals surface area (Å²) >= 11 is 0. The summed E-state index contributed by atoms with van der Waals surface area (Å²) in [5.41, 5.74) is 1.63. The number of carboxylic acid groups (broad SMARTS) is 1. The highest BCUT2D eigenvalue weighted by Crippen LogP contribution is 2.43. The SMILES string of the molecule is CCC1(C(C)C(=O)O)C(C)=CN=C1C. The molecule has 0 aliphatic carbocycles. The summed E-state index contributed by atoms with van der Waals surface area (Å²) < 4.78 is 0. The van der Waals surface area contributed by atoms with Crippen LogP contribution in [0.4, 0.5) is 0 Å². The standard InChI is InChI=1S/C11H17NO2/c1-5-11(8(3)10(13)14)7(2)6-12-9(11)4/h6,8H,5H2,1-4H3,(H,13,14). The van der Waals surface area contributed by atoms with Crippen molar-refractivity contribution >= 4 is 11.7 Å². The molecule has 0 aromatic rings. The van der Waals surface area contributed by atoms with Gasteiger partial charge in [0.25, 0.3) is 0 Å². The van der Waals surface area contributed by atoms with E-state index in [1.807, 2.05) is 20.8 Å². The molecule has 1 N–H and O–H groups in total. The lowest BCUT2D eigenvalue weighted by atomic mass is 9.67. The van der Waals surface area contributed by atoms with E-state index in [-0.39, 0.29) is 5.41 Å². The Balaban J connectivity index is 3.15. The lowest BCUT2D eigenvalue weighted by Crippen LogP contribution is -2.38. The van der Waals surface area contributed by atoms with E-state index in [2.05, 4.69) is 4.99 Å². The zero-order valence-corrected chi connectivity index (χ0v) is 9.16. The van der Waals surface area contributed by atoms with Crippen molar-refractivity contribution in [1.29, 1.82) is 0 Å². The van der Waals surface area contributed by atoms with Crippen LogP contribution < -0.4 is 0 Å². The van der Waals surface area contributed by atoms with Gasteiger partial charge >= 0.3 is 5.97 Å². The van der Waals surface area contributed by atoms with Crippen LogP contribution in [0.3, 0.4) is 0 Å². The second-order valence-corrected chi connectivity index (χ2v) is 3.91. The summed E-state index contributed by atoms with van der Waals surface area (Å²) in [6.45, 7) is 7.65. The summed E-state index contributed by atoms with van der Waals surface area (Å²) in [5, 5.41) is 9.09. The fourth-order valence-electron chi connectivity index (χ4n) is 2.42. The predicted molar refractivity (Wildman–Crippen MR) is 56.4 cm³/mol. The van der Waals surface area contributed by atoms with Crippen molar-refractivity contribution in [2.75, 3.05) is 0 Å². The van der Waals surface area contributed by atoms with Crippen LogP contribution in [-0.2, 0) is 4.79 Å². The van der Waals surface area contributed by atoms with Gasteiger partial charge in [0.1, 0.15) is 0 Å². The number of hydrogen-bond acceptors (Lipinski definition) is 2. The monoisotopic (exact) mass is 195 g/mol. The number of carbonyl (C=O) groups is 1. The summed E-state index contributed by atoms with van der Waals surface area (Å²) in [7, 11) is 0. The topological polar surface area (TPSA) is 49.7 Å². The van der Waals surface area contributed by atoms with Crippen molar-refractivity contribution in [3.8, 4) is 0 Å². The van der Waals surface area contributed by atoms with E-state index in [9.17, 15) is 4.79 Å². The minimum atomic E-state index is -0.754. The molecule has 0 bridgehead atoms. The maximum absolute atomic E-state index is 11.1. The van der Waals surface area contributed by atoms with Crippen molar-refractivity contribution in [2.24, 2.45) is 16.3 Å². The van der Waals surface area contributed by atoms with Crippen LogP contribution in [0, 0.1) is 11.3 Å². The van der Waals surface area contributed by atoms with Crippen molar-refractivity contribution in [2.45, 2.75) is 34.1 Å². The number of aliphatic carboxylic acids is 1. The molecule has 1 aliphatic rings. The summed E-state index contributed by atoms with van der Waals surface area (Å²) in [4.78, 5) is 15.3. The van der Waals surface area contributed by atoms with E-state index in [1.54, 1.807) is 13.1 Å². The van der Waals surface area contributed by atoms with E-state index in [4.69, 9.17) is 5.11 Å². The third-order valence-corrected chi connectivity index (χ3v) is 3.47. The Morgan fingerprint density at radius 1 is 1.64 bits per heavy atom.